The topological polar surface area (TPSA) is 60.5 Å². The summed E-state index contributed by atoms with van der Waals surface area (Å²) in [5, 5.41) is 0. The first-order valence-corrected chi connectivity index (χ1v) is 7.36. The minimum atomic E-state index is -0.455. The van der Waals surface area contributed by atoms with Crippen molar-refractivity contribution >= 4 is 6.02 Å². The minimum absolute atomic E-state index is 0.223. The van der Waals surface area contributed by atoms with Gasteiger partial charge in [0.1, 0.15) is 12.1 Å². The Morgan fingerprint density at radius 2 is 2.18 bits per heavy atom. The maximum atomic E-state index is 13.4. The first kappa shape index (κ1) is 13.2. The van der Waals surface area contributed by atoms with Gasteiger partial charge in [0.2, 0.25) is 5.95 Å². The van der Waals surface area contributed by atoms with E-state index in [4.69, 9.17) is 10.5 Å². The lowest BCUT2D eigenvalue weighted by Gasteiger charge is -2.31. The van der Waals surface area contributed by atoms with Crippen LogP contribution < -0.4 is 5.73 Å². The van der Waals surface area contributed by atoms with Gasteiger partial charge in [0.15, 0.2) is 0 Å². The van der Waals surface area contributed by atoms with Gasteiger partial charge in [0.25, 0.3) is 6.02 Å². The van der Waals surface area contributed by atoms with E-state index in [1.165, 1.54) is 23.4 Å². The first-order chi connectivity index (χ1) is 10.7. The summed E-state index contributed by atoms with van der Waals surface area (Å²) >= 11 is 0. The lowest BCUT2D eigenvalue weighted by molar-refractivity contribution is 0.235. The fraction of sp³-hybridized carbons (Fsp3) is 0.294. The second kappa shape index (κ2) is 4.80. The van der Waals surface area contributed by atoms with Crippen molar-refractivity contribution in [1.29, 1.82) is 0 Å². The molecule has 1 aliphatic heterocycles. The van der Waals surface area contributed by atoms with E-state index < -0.39 is 5.95 Å². The Kier molecular flexibility index (Phi) is 2.89. The van der Waals surface area contributed by atoms with Gasteiger partial charge in [0.05, 0.1) is 0 Å². The number of rotatable bonds is 1. The summed E-state index contributed by atoms with van der Waals surface area (Å²) in [5.74, 6) is -0.455. The molecule has 1 aliphatic carbocycles. The van der Waals surface area contributed by atoms with Crippen LogP contribution >= 0.6 is 0 Å². The van der Waals surface area contributed by atoms with Crippen molar-refractivity contribution in [2.45, 2.75) is 24.8 Å². The number of fused-ring (bicyclic) bond motifs is 1. The van der Waals surface area contributed by atoms with Gasteiger partial charge in [-0.15, -0.1) is 0 Å². The molecule has 1 aromatic carbocycles. The van der Waals surface area contributed by atoms with Crippen LogP contribution in [-0.2, 0) is 17.6 Å². The molecule has 1 aromatic heterocycles. The molecule has 112 valence electrons. The van der Waals surface area contributed by atoms with Gasteiger partial charge in [0, 0.05) is 18.7 Å². The van der Waals surface area contributed by atoms with E-state index in [1.807, 2.05) is 18.2 Å². The molecule has 4 nitrogen and oxygen atoms in total. The Morgan fingerprint density at radius 3 is 2.95 bits per heavy atom. The molecule has 2 aromatic rings. The molecule has 4 rings (SSSR count). The molecule has 0 amide bonds. The zero-order valence-electron chi connectivity index (χ0n) is 12.1. The Hall–Kier alpha value is -2.43. The maximum Gasteiger partial charge on any atom is 0.282 e. The van der Waals surface area contributed by atoms with Gasteiger partial charge in [-0.05, 0) is 41.2 Å². The van der Waals surface area contributed by atoms with Crippen LogP contribution in [0.1, 0.15) is 17.5 Å². The second-order valence-corrected chi connectivity index (χ2v) is 5.95. The van der Waals surface area contributed by atoms with Crippen molar-refractivity contribution in [2.24, 2.45) is 10.7 Å². The molecule has 5 heteroatoms. The van der Waals surface area contributed by atoms with E-state index in [2.05, 4.69) is 16.0 Å². The molecule has 2 heterocycles. The van der Waals surface area contributed by atoms with Gasteiger partial charge in [-0.1, -0.05) is 18.2 Å². The lowest BCUT2D eigenvalue weighted by atomic mass is 9.77. The molecular formula is C17H16FN3O. The molecule has 0 saturated heterocycles. The largest absolute Gasteiger partial charge is 0.463 e. The third-order valence-electron chi connectivity index (χ3n) is 4.51. The van der Waals surface area contributed by atoms with E-state index >= 15 is 0 Å². The summed E-state index contributed by atoms with van der Waals surface area (Å²) in [6.07, 6.45) is 4.09. The van der Waals surface area contributed by atoms with Crippen molar-refractivity contribution < 1.29 is 9.13 Å². The van der Waals surface area contributed by atoms with Crippen LogP contribution in [-0.4, -0.2) is 23.2 Å². The predicted octanol–water partition coefficient (Wildman–Crippen LogP) is 2.46. The summed E-state index contributed by atoms with van der Waals surface area (Å²) < 4.78 is 18.8. The number of halogens is 1. The standard InChI is InChI=1S/C17H16FN3O/c18-15-8-11(5-7-20-15)13-3-1-2-12-9-17(6-4-14(12)13)10-22-16(19)21-17/h1-3,5,7-8H,4,6,9-10H2,(H2,19,21)/t17-/m0/s1. The Bertz CT molecular complexity index is 774. The summed E-state index contributed by atoms with van der Waals surface area (Å²) in [5.41, 5.74) is 9.90. The van der Waals surface area contributed by atoms with Gasteiger partial charge >= 0.3 is 0 Å². The predicted molar refractivity (Wildman–Crippen MR) is 82.0 cm³/mol. The number of hydrogen-bond donors (Lipinski definition) is 1. The number of pyridine rings is 1. The van der Waals surface area contributed by atoms with E-state index in [1.54, 1.807) is 0 Å². The van der Waals surface area contributed by atoms with E-state index in [-0.39, 0.29) is 11.6 Å². The van der Waals surface area contributed by atoms with Crippen LogP contribution in [0.15, 0.2) is 41.5 Å². The first-order valence-electron chi connectivity index (χ1n) is 7.36. The molecule has 0 bridgehead atoms. The normalized spacial score (nSPS) is 23.0. The van der Waals surface area contributed by atoms with E-state index in [9.17, 15) is 4.39 Å². The average molecular weight is 297 g/mol. The number of aliphatic imine (C=N–C) groups is 1. The summed E-state index contributed by atoms with van der Waals surface area (Å²) in [6, 6.07) is 9.77. The third kappa shape index (κ3) is 2.13. The minimum Gasteiger partial charge on any atom is -0.463 e. The number of hydrogen-bond acceptors (Lipinski definition) is 4. The molecule has 0 saturated carbocycles. The lowest BCUT2D eigenvalue weighted by Crippen LogP contribution is -2.35. The van der Waals surface area contributed by atoms with Crippen LogP contribution in [0.4, 0.5) is 4.39 Å². The van der Waals surface area contributed by atoms with Crippen molar-refractivity contribution in [1.82, 2.24) is 4.98 Å². The molecule has 2 N–H and O–H groups in total. The summed E-state index contributed by atoms with van der Waals surface area (Å²) in [7, 11) is 0. The number of benzene rings is 1. The van der Waals surface area contributed by atoms with Crippen LogP contribution in [0.5, 0.6) is 0 Å². The Labute approximate surface area is 127 Å². The molecule has 2 aliphatic rings. The van der Waals surface area contributed by atoms with E-state index in [0.29, 0.717) is 6.61 Å². The van der Waals surface area contributed by atoms with Gasteiger partial charge in [-0.3, -0.25) is 0 Å². The molecular weight excluding hydrogens is 281 g/mol. The molecule has 22 heavy (non-hydrogen) atoms. The average Bonchev–Trinajstić information content (AvgIpc) is 2.87. The summed E-state index contributed by atoms with van der Waals surface area (Å²) in [6.45, 7) is 0.548. The van der Waals surface area contributed by atoms with Gasteiger partial charge < -0.3 is 10.5 Å². The Balaban J connectivity index is 1.76. The highest BCUT2D eigenvalue weighted by Gasteiger charge is 2.39. The number of nitrogens with two attached hydrogens (primary N) is 1. The molecule has 1 spiro atoms. The highest BCUT2D eigenvalue weighted by molar-refractivity contribution is 5.74. The Morgan fingerprint density at radius 1 is 1.27 bits per heavy atom. The van der Waals surface area contributed by atoms with E-state index in [0.717, 1.165) is 30.4 Å². The van der Waals surface area contributed by atoms with Crippen LogP contribution in [0.3, 0.4) is 0 Å². The molecule has 0 unspecified atom stereocenters. The van der Waals surface area contributed by atoms with Crippen molar-refractivity contribution in [3.05, 3.63) is 53.6 Å². The number of nitrogens with zero attached hydrogens (tertiary/aromatic N) is 2. The number of aromatic nitrogens is 1. The van der Waals surface area contributed by atoms with Crippen molar-refractivity contribution in [3.8, 4) is 11.1 Å². The monoisotopic (exact) mass is 297 g/mol. The van der Waals surface area contributed by atoms with Crippen LogP contribution in [0.25, 0.3) is 11.1 Å². The highest BCUT2D eigenvalue weighted by Crippen LogP contribution is 2.38. The van der Waals surface area contributed by atoms with Gasteiger partial charge in [-0.25, -0.2) is 9.98 Å². The zero-order chi connectivity index (χ0) is 15.2. The van der Waals surface area contributed by atoms with Crippen LogP contribution in [0.2, 0.25) is 0 Å². The number of amidine groups is 1. The fourth-order valence-corrected chi connectivity index (χ4v) is 3.46. The molecule has 0 radical (unpaired) electrons. The highest BCUT2D eigenvalue weighted by atomic mass is 19.1. The smallest absolute Gasteiger partial charge is 0.282 e. The van der Waals surface area contributed by atoms with Crippen LogP contribution in [0, 0.1) is 5.95 Å². The van der Waals surface area contributed by atoms with Crippen molar-refractivity contribution in [3.63, 3.8) is 0 Å². The quantitative estimate of drug-likeness (QED) is 0.823. The molecule has 1 atom stereocenters. The SMILES string of the molecule is NC1=N[C@]2(CCc3c(cccc3-c3ccnc(F)c3)C2)CO1. The maximum absolute atomic E-state index is 13.4. The number of ether oxygens (including phenoxy) is 1. The molecule has 0 fully saturated rings. The van der Waals surface area contributed by atoms with Gasteiger partial charge in [-0.2, -0.15) is 4.39 Å². The third-order valence-corrected chi connectivity index (χ3v) is 4.51. The zero-order valence-corrected chi connectivity index (χ0v) is 12.1. The van der Waals surface area contributed by atoms with Crippen molar-refractivity contribution in [2.75, 3.05) is 6.61 Å². The second-order valence-electron chi connectivity index (χ2n) is 5.95. The summed E-state index contributed by atoms with van der Waals surface area (Å²) in [4.78, 5) is 8.13. The fourth-order valence-electron chi connectivity index (χ4n) is 3.46.